The van der Waals surface area contributed by atoms with Gasteiger partial charge in [-0.3, -0.25) is 0 Å². The van der Waals surface area contributed by atoms with E-state index in [0.29, 0.717) is 0 Å². The Morgan fingerprint density at radius 1 is 1.17 bits per heavy atom. The second-order valence-electron chi connectivity index (χ2n) is 5.14. The maximum atomic E-state index is 9.31. The van der Waals surface area contributed by atoms with E-state index < -0.39 is 0 Å². The Balaban J connectivity index is 2.11. The molecule has 0 radical (unpaired) electrons. The van der Waals surface area contributed by atoms with E-state index in [0.717, 1.165) is 49.0 Å². The minimum absolute atomic E-state index is 0.0869. The van der Waals surface area contributed by atoms with Crippen LogP contribution in [0.4, 0.5) is 11.6 Å². The molecule has 5 nitrogen and oxygen atoms in total. The largest absolute Gasteiger partial charge is 0.396 e. The lowest BCUT2D eigenvalue weighted by Gasteiger charge is -2.17. The standard InChI is InChI=1S/C13H22N4O/c1-4-14-11-9(2)12(17-10(3)16-11)15-7-13(8-18)5-6-13/h18H,4-8H2,1-3H3,(H2,14,15,16,17). The maximum Gasteiger partial charge on any atom is 0.134 e. The molecule has 1 aliphatic rings. The van der Waals surface area contributed by atoms with Crippen molar-refractivity contribution in [2.24, 2.45) is 5.41 Å². The molecule has 0 spiro atoms. The van der Waals surface area contributed by atoms with Crippen molar-refractivity contribution in [3.63, 3.8) is 0 Å². The molecule has 0 aromatic carbocycles. The highest BCUT2D eigenvalue weighted by Crippen LogP contribution is 2.45. The molecule has 1 aliphatic carbocycles. The van der Waals surface area contributed by atoms with Gasteiger partial charge in [-0.25, -0.2) is 9.97 Å². The van der Waals surface area contributed by atoms with Crippen LogP contribution in [0.5, 0.6) is 0 Å². The van der Waals surface area contributed by atoms with Crippen LogP contribution in [-0.2, 0) is 0 Å². The summed E-state index contributed by atoms with van der Waals surface area (Å²) < 4.78 is 0. The highest BCUT2D eigenvalue weighted by Gasteiger charge is 2.41. The number of aliphatic hydroxyl groups is 1. The SMILES string of the molecule is CCNc1nc(C)nc(NCC2(CO)CC2)c1C. The second kappa shape index (κ2) is 5.10. The van der Waals surface area contributed by atoms with Gasteiger partial charge in [-0.15, -0.1) is 0 Å². The number of anilines is 2. The first-order valence-electron chi connectivity index (χ1n) is 6.54. The van der Waals surface area contributed by atoms with Gasteiger partial charge in [-0.1, -0.05) is 0 Å². The van der Waals surface area contributed by atoms with E-state index >= 15 is 0 Å². The van der Waals surface area contributed by atoms with Crippen LogP contribution in [0.3, 0.4) is 0 Å². The summed E-state index contributed by atoms with van der Waals surface area (Å²) in [6, 6.07) is 0. The lowest BCUT2D eigenvalue weighted by Crippen LogP contribution is -2.20. The molecule has 3 N–H and O–H groups in total. The first-order chi connectivity index (χ1) is 8.60. The number of aryl methyl sites for hydroxylation is 1. The highest BCUT2D eigenvalue weighted by molar-refractivity contribution is 5.57. The van der Waals surface area contributed by atoms with E-state index in [1.807, 2.05) is 13.8 Å². The average Bonchev–Trinajstić information content (AvgIpc) is 3.12. The number of hydrogen-bond acceptors (Lipinski definition) is 5. The van der Waals surface area contributed by atoms with Crippen molar-refractivity contribution in [1.29, 1.82) is 0 Å². The molecule has 1 fully saturated rings. The molecule has 2 rings (SSSR count). The topological polar surface area (TPSA) is 70.1 Å². The number of rotatable bonds is 6. The third-order valence-electron chi connectivity index (χ3n) is 3.53. The van der Waals surface area contributed by atoms with Gasteiger partial charge in [0.2, 0.25) is 0 Å². The Morgan fingerprint density at radius 2 is 1.78 bits per heavy atom. The number of nitrogens with zero attached hydrogens (tertiary/aromatic N) is 2. The molecule has 0 amide bonds. The number of nitrogens with one attached hydrogen (secondary N) is 2. The molecule has 1 aromatic heterocycles. The fraction of sp³-hybridized carbons (Fsp3) is 0.692. The minimum Gasteiger partial charge on any atom is -0.396 e. The zero-order valence-corrected chi connectivity index (χ0v) is 11.4. The maximum absolute atomic E-state index is 9.31. The fourth-order valence-electron chi connectivity index (χ4n) is 1.98. The molecule has 0 atom stereocenters. The summed E-state index contributed by atoms with van der Waals surface area (Å²) >= 11 is 0. The molecule has 5 heteroatoms. The Morgan fingerprint density at radius 3 is 2.28 bits per heavy atom. The molecular weight excluding hydrogens is 228 g/mol. The molecular formula is C13H22N4O. The van der Waals surface area contributed by atoms with Gasteiger partial charge in [0, 0.05) is 24.1 Å². The van der Waals surface area contributed by atoms with Crippen molar-refractivity contribution < 1.29 is 5.11 Å². The van der Waals surface area contributed by atoms with Gasteiger partial charge in [-0.2, -0.15) is 0 Å². The minimum atomic E-state index is 0.0869. The summed E-state index contributed by atoms with van der Waals surface area (Å²) in [5, 5.41) is 15.9. The summed E-state index contributed by atoms with van der Waals surface area (Å²) in [7, 11) is 0. The molecule has 100 valence electrons. The smallest absolute Gasteiger partial charge is 0.134 e. The van der Waals surface area contributed by atoms with Crippen LogP contribution in [0.1, 0.15) is 31.2 Å². The quantitative estimate of drug-likeness (QED) is 0.717. The third-order valence-corrected chi connectivity index (χ3v) is 3.53. The molecule has 1 saturated carbocycles. The molecule has 0 aliphatic heterocycles. The van der Waals surface area contributed by atoms with Crippen LogP contribution in [0.2, 0.25) is 0 Å². The lowest BCUT2D eigenvalue weighted by atomic mass is 10.1. The van der Waals surface area contributed by atoms with E-state index in [-0.39, 0.29) is 12.0 Å². The van der Waals surface area contributed by atoms with Gasteiger partial charge in [-0.05, 0) is 33.6 Å². The van der Waals surface area contributed by atoms with Gasteiger partial charge >= 0.3 is 0 Å². The zero-order chi connectivity index (χ0) is 13.2. The Labute approximate surface area is 108 Å². The highest BCUT2D eigenvalue weighted by atomic mass is 16.3. The van der Waals surface area contributed by atoms with Crippen molar-refractivity contribution in [3.8, 4) is 0 Å². The summed E-state index contributed by atoms with van der Waals surface area (Å²) in [4.78, 5) is 8.83. The average molecular weight is 250 g/mol. The van der Waals surface area contributed by atoms with Crippen LogP contribution < -0.4 is 10.6 Å². The van der Waals surface area contributed by atoms with Crippen molar-refractivity contribution in [1.82, 2.24) is 9.97 Å². The first kappa shape index (κ1) is 13.1. The van der Waals surface area contributed by atoms with Crippen LogP contribution in [-0.4, -0.2) is 34.8 Å². The van der Waals surface area contributed by atoms with Gasteiger partial charge in [0.15, 0.2) is 0 Å². The van der Waals surface area contributed by atoms with E-state index in [4.69, 9.17) is 0 Å². The number of hydrogen-bond donors (Lipinski definition) is 3. The second-order valence-corrected chi connectivity index (χ2v) is 5.14. The van der Waals surface area contributed by atoms with Crippen LogP contribution in [0, 0.1) is 19.3 Å². The Bertz CT molecular complexity index is 429. The Hall–Kier alpha value is -1.36. The van der Waals surface area contributed by atoms with E-state index in [1.54, 1.807) is 0 Å². The predicted octanol–water partition coefficient (Wildman–Crippen LogP) is 1.71. The monoisotopic (exact) mass is 250 g/mol. The summed E-state index contributed by atoms with van der Waals surface area (Å²) in [5.74, 6) is 2.52. The van der Waals surface area contributed by atoms with Gasteiger partial charge in [0.1, 0.15) is 17.5 Å². The molecule has 1 aromatic rings. The van der Waals surface area contributed by atoms with Crippen LogP contribution >= 0.6 is 0 Å². The summed E-state index contributed by atoms with van der Waals surface area (Å²) in [6.07, 6.45) is 2.19. The Kier molecular flexibility index (Phi) is 3.71. The van der Waals surface area contributed by atoms with Gasteiger partial charge in [0.25, 0.3) is 0 Å². The lowest BCUT2D eigenvalue weighted by molar-refractivity contribution is 0.219. The predicted molar refractivity (Wildman–Crippen MR) is 72.9 cm³/mol. The number of aliphatic hydroxyl groups excluding tert-OH is 1. The van der Waals surface area contributed by atoms with Crippen molar-refractivity contribution >= 4 is 11.6 Å². The third kappa shape index (κ3) is 2.72. The van der Waals surface area contributed by atoms with Gasteiger partial charge in [0.05, 0.1) is 6.61 Å². The van der Waals surface area contributed by atoms with Crippen molar-refractivity contribution in [2.75, 3.05) is 30.3 Å². The van der Waals surface area contributed by atoms with Crippen LogP contribution in [0.15, 0.2) is 0 Å². The molecule has 0 bridgehead atoms. The normalized spacial score (nSPS) is 16.4. The molecule has 1 heterocycles. The summed E-state index contributed by atoms with van der Waals surface area (Å²) in [5.41, 5.74) is 1.13. The van der Waals surface area contributed by atoms with E-state index in [1.165, 1.54) is 0 Å². The van der Waals surface area contributed by atoms with Gasteiger partial charge < -0.3 is 15.7 Å². The van der Waals surface area contributed by atoms with E-state index in [9.17, 15) is 5.11 Å². The fourth-order valence-corrected chi connectivity index (χ4v) is 1.98. The van der Waals surface area contributed by atoms with Crippen molar-refractivity contribution in [2.45, 2.75) is 33.6 Å². The first-order valence-corrected chi connectivity index (χ1v) is 6.54. The molecule has 18 heavy (non-hydrogen) atoms. The van der Waals surface area contributed by atoms with Crippen LogP contribution in [0.25, 0.3) is 0 Å². The molecule has 0 saturated heterocycles. The number of aromatic nitrogens is 2. The van der Waals surface area contributed by atoms with Crippen molar-refractivity contribution in [3.05, 3.63) is 11.4 Å². The summed E-state index contributed by atoms with van der Waals surface area (Å²) in [6.45, 7) is 7.84. The zero-order valence-electron chi connectivity index (χ0n) is 11.4. The molecule has 0 unspecified atom stereocenters. The van der Waals surface area contributed by atoms with E-state index in [2.05, 4.69) is 27.5 Å².